The van der Waals surface area contributed by atoms with Crippen LogP contribution in [0.4, 0.5) is 0 Å². The number of hydrogen-bond acceptors (Lipinski definition) is 2. The molecule has 1 aromatic heterocycles. The Morgan fingerprint density at radius 3 is 2.93 bits per heavy atom. The van der Waals surface area contributed by atoms with Crippen LogP contribution in [0.5, 0.6) is 0 Å². The number of hydrogen-bond donors (Lipinski definition) is 1. The zero-order valence-electron chi connectivity index (χ0n) is 7.40. The predicted molar refractivity (Wildman–Crippen MR) is 58.5 cm³/mol. The second kappa shape index (κ2) is 2.96. The molecule has 0 amide bonds. The Morgan fingerprint density at radius 2 is 2.14 bits per heavy atom. The minimum absolute atomic E-state index is 1.08. The van der Waals surface area contributed by atoms with Gasteiger partial charge in [0.25, 0.3) is 0 Å². The van der Waals surface area contributed by atoms with Crippen molar-refractivity contribution < 1.29 is 0 Å². The first kappa shape index (κ1) is 7.76. The molecule has 0 unspecified atom stereocenters. The van der Waals surface area contributed by atoms with Crippen LogP contribution in [0.3, 0.4) is 0 Å². The molecule has 1 N–H and O–H groups in total. The lowest BCUT2D eigenvalue weighted by Gasteiger charge is -1.91. The third kappa shape index (κ3) is 1.14. The van der Waals surface area contributed by atoms with Gasteiger partial charge in [-0.25, -0.2) is 0 Å². The van der Waals surface area contributed by atoms with Crippen LogP contribution >= 0.6 is 11.3 Å². The van der Waals surface area contributed by atoms with Gasteiger partial charge < -0.3 is 0 Å². The second-order valence-electron chi connectivity index (χ2n) is 3.15. The van der Waals surface area contributed by atoms with Crippen molar-refractivity contribution in [1.82, 2.24) is 10.2 Å². The first-order chi connectivity index (χ1) is 6.93. The van der Waals surface area contributed by atoms with Crippen LogP contribution in [0.25, 0.3) is 21.7 Å². The van der Waals surface area contributed by atoms with Crippen LogP contribution in [0.2, 0.25) is 0 Å². The SMILES string of the molecule is c1csc2cc(-c3ccn[nH]3)cc-2c1. The van der Waals surface area contributed by atoms with Crippen molar-refractivity contribution in [2.75, 3.05) is 0 Å². The van der Waals surface area contributed by atoms with Gasteiger partial charge in [0, 0.05) is 16.6 Å². The van der Waals surface area contributed by atoms with Crippen molar-refractivity contribution in [3.63, 3.8) is 0 Å². The van der Waals surface area contributed by atoms with Gasteiger partial charge in [-0.3, -0.25) is 5.10 Å². The lowest BCUT2D eigenvalue weighted by atomic mass is 10.2. The Morgan fingerprint density at radius 1 is 1.14 bits per heavy atom. The highest BCUT2D eigenvalue weighted by atomic mass is 32.1. The molecule has 2 heterocycles. The molecule has 1 aromatic rings. The van der Waals surface area contributed by atoms with Gasteiger partial charge in [0.05, 0.1) is 5.69 Å². The van der Waals surface area contributed by atoms with E-state index < -0.39 is 0 Å². The molecule has 3 heteroatoms. The maximum absolute atomic E-state index is 3.95. The van der Waals surface area contributed by atoms with Gasteiger partial charge in [-0.2, -0.15) is 5.10 Å². The van der Waals surface area contributed by atoms with E-state index >= 15 is 0 Å². The summed E-state index contributed by atoms with van der Waals surface area (Å²) in [6.45, 7) is 0. The van der Waals surface area contributed by atoms with Crippen molar-refractivity contribution in [2.24, 2.45) is 0 Å². The van der Waals surface area contributed by atoms with Crippen LogP contribution in [0.15, 0.2) is 41.9 Å². The fraction of sp³-hybridized carbons (Fsp3) is 0. The molecule has 1 aliphatic heterocycles. The topological polar surface area (TPSA) is 28.7 Å². The highest BCUT2D eigenvalue weighted by molar-refractivity contribution is 7.13. The molecule has 0 aromatic carbocycles. The van der Waals surface area contributed by atoms with E-state index in [0.29, 0.717) is 0 Å². The minimum atomic E-state index is 1.08. The van der Waals surface area contributed by atoms with E-state index in [1.165, 1.54) is 16.0 Å². The molecule has 0 spiro atoms. The van der Waals surface area contributed by atoms with Gasteiger partial charge in [-0.1, -0.05) is 12.1 Å². The van der Waals surface area contributed by atoms with E-state index in [0.717, 1.165) is 5.69 Å². The standard InChI is InChI=1S/C11H8N2S/c1-2-8-6-9(7-11(8)14-5-1)10-3-4-12-13-10/h1-7H,(H,12,13). The quantitative estimate of drug-likeness (QED) is 0.641. The van der Waals surface area contributed by atoms with Crippen molar-refractivity contribution in [3.05, 3.63) is 41.9 Å². The summed E-state index contributed by atoms with van der Waals surface area (Å²) in [5.41, 5.74) is 3.58. The maximum atomic E-state index is 3.95. The number of fused-ring (bicyclic) bond motifs is 1. The average Bonchev–Trinajstić information content (AvgIpc) is 2.86. The average molecular weight is 200 g/mol. The van der Waals surface area contributed by atoms with E-state index in [-0.39, 0.29) is 0 Å². The number of nitrogens with zero attached hydrogens (tertiary/aromatic N) is 1. The summed E-state index contributed by atoms with van der Waals surface area (Å²) in [6, 6.07) is 10.6. The van der Waals surface area contributed by atoms with Gasteiger partial charge in [-0.15, -0.1) is 11.3 Å². The van der Waals surface area contributed by atoms with Crippen molar-refractivity contribution in [3.8, 4) is 21.7 Å². The Bertz CT molecular complexity index is 480. The zero-order chi connectivity index (χ0) is 9.38. The van der Waals surface area contributed by atoms with Crippen molar-refractivity contribution in [2.45, 2.75) is 0 Å². The van der Waals surface area contributed by atoms with Crippen LogP contribution in [-0.4, -0.2) is 10.2 Å². The van der Waals surface area contributed by atoms with E-state index in [9.17, 15) is 0 Å². The summed E-state index contributed by atoms with van der Waals surface area (Å²) < 4.78 is 0. The molecule has 0 saturated heterocycles. The van der Waals surface area contributed by atoms with Gasteiger partial charge in [-0.05, 0) is 29.1 Å². The molecular formula is C11H8N2S. The molecule has 14 heavy (non-hydrogen) atoms. The number of aromatic nitrogens is 2. The lowest BCUT2D eigenvalue weighted by molar-refractivity contribution is 1.10. The van der Waals surface area contributed by atoms with Crippen LogP contribution in [-0.2, 0) is 0 Å². The third-order valence-electron chi connectivity index (χ3n) is 2.24. The molecule has 0 radical (unpaired) electrons. The highest BCUT2D eigenvalue weighted by Crippen LogP contribution is 2.33. The summed E-state index contributed by atoms with van der Waals surface area (Å²) in [6.07, 6.45) is 1.77. The van der Waals surface area contributed by atoms with E-state index in [2.05, 4.69) is 39.8 Å². The largest absolute Gasteiger partial charge is 0.278 e. The highest BCUT2D eigenvalue weighted by Gasteiger charge is 2.07. The van der Waals surface area contributed by atoms with Gasteiger partial charge in [0.1, 0.15) is 0 Å². The van der Waals surface area contributed by atoms with Crippen LogP contribution in [0, 0.1) is 0 Å². The third-order valence-corrected chi connectivity index (χ3v) is 3.14. The fourth-order valence-electron chi connectivity index (χ4n) is 1.56. The minimum Gasteiger partial charge on any atom is -0.278 e. The number of H-pyrrole nitrogens is 1. The number of rotatable bonds is 1. The lowest BCUT2D eigenvalue weighted by Crippen LogP contribution is -1.71. The van der Waals surface area contributed by atoms with Gasteiger partial charge in [0.2, 0.25) is 0 Å². The zero-order valence-corrected chi connectivity index (χ0v) is 8.21. The van der Waals surface area contributed by atoms with E-state index in [4.69, 9.17) is 0 Å². The van der Waals surface area contributed by atoms with Gasteiger partial charge >= 0.3 is 0 Å². The maximum Gasteiger partial charge on any atom is 0.0650 e. The molecule has 68 valence electrons. The number of aromatic amines is 1. The normalized spacial score (nSPS) is 10.9. The predicted octanol–water partition coefficient (Wildman–Crippen LogP) is 3.24. The molecule has 3 rings (SSSR count). The van der Waals surface area contributed by atoms with Crippen LogP contribution < -0.4 is 0 Å². The summed E-state index contributed by atoms with van der Waals surface area (Å²) in [4.78, 5) is 1.32. The first-order valence-corrected chi connectivity index (χ1v) is 5.28. The Labute approximate surface area is 85.6 Å². The van der Waals surface area contributed by atoms with Crippen molar-refractivity contribution >= 4 is 11.3 Å². The van der Waals surface area contributed by atoms with E-state index in [1.807, 2.05) is 6.07 Å². The van der Waals surface area contributed by atoms with E-state index in [1.54, 1.807) is 17.5 Å². The molecule has 0 fully saturated rings. The monoisotopic (exact) mass is 200 g/mol. The molecule has 0 atom stereocenters. The molecular weight excluding hydrogens is 192 g/mol. The van der Waals surface area contributed by atoms with Crippen molar-refractivity contribution in [1.29, 1.82) is 0 Å². The second-order valence-corrected chi connectivity index (χ2v) is 4.09. The Balaban J connectivity index is 2.21. The number of nitrogens with one attached hydrogen (secondary N) is 1. The summed E-state index contributed by atoms with van der Waals surface area (Å²) >= 11 is 1.76. The molecule has 0 saturated carbocycles. The molecule has 1 aliphatic carbocycles. The molecule has 0 bridgehead atoms. The first-order valence-electron chi connectivity index (χ1n) is 4.40. The molecule has 2 nitrogen and oxygen atoms in total. The summed E-state index contributed by atoms with van der Waals surface area (Å²) in [5.74, 6) is 0. The summed E-state index contributed by atoms with van der Waals surface area (Å²) in [5, 5.41) is 9.01. The fourth-order valence-corrected chi connectivity index (χ4v) is 2.33. The van der Waals surface area contributed by atoms with Gasteiger partial charge in [0.15, 0.2) is 0 Å². The summed E-state index contributed by atoms with van der Waals surface area (Å²) in [7, 11) is 0. The Kier molecular flexibility index (Phi) is 1.64. The smallest absolute Gasteiger partial charge is 0.0650 e. The molecule has 2 aliphatic rings. The van der Waals surface area contributed by atoms with Crippen LogP contribution in [0.1, 0.15) is 0 Å². The Hall–Kier alpha value is -1.61.